The molecule has 0 radical (unpaired) electrons. The van der Waals surface area contributed by atoms with E-state index in [1.807, 2.05) is 80.1 Å². The average Bonchev–Trinajstić information content (AvgIpc) is 3.44. The van der Waals surface area contributed by atoms with Crippen molar-refractivity contribution in [3.8, 4) is 11.6 Å². The fourth-order valence-electron chi connectivity index (χ4n) is 3.90. The minimum Gasteiger partial charge on any atom is -0.493 e. The molecule has 1 amide bonds. The van der Waals surface area contributed by atoms with Crippen molar-refractivity contribution in [3.63, 3.8) is 0 Å². The van der Waals surface area contributed by atoms with Crippen LogP contribution in [0.2, 0.25) is 0 Å². The molecule has 0 unspecified atom stereocenters. The number of hydrogen-bond acceptors (Lipinski definition) is 5. The van der Waals surface area contributed by atoms with Crippen LogP contribution in [0.5, 0.6) is 5.88 Å². The Kier molecular flexibility index (Phi) is 4.86. The summed E-state index contributed by atoms with van der Waals surface area (Å²) in [5.41, 5.74) is 2.92. The molecule has 5 aromatic rings. The van der Waals surface area contributed by atoms with Gasteiger partial charge >= 0.3 is 5.91 Å². The molecule has 160 valence electrons. The molecule has 0 spiro atoms. The number of hydrogen-bond donors (Lipinski definition) is 1. The number of aromatic hydroxyl groups is 1. The molecule has 8 heteroatoms. The number of thiophene rings is 1. The van der Waals surface area contributed by atoms with Crippen molar-refractivity contribution in [2.75, 3.05) is 0 Å². The minimum absolute atomic E-state index is 0.00431. The topological polar surface area (TPSA) is 84.8 Å². The van der Waals surface area contributed by atoms with Gasteiger partial charge in [0, 0.05) is 16.8 Å². The number of rotatable bonds is 4. The Hall–Kier alpha value is -3.78. The Bertz CT molecular complexity index is 1490. The monoisotopic (exact) mass is 443 g/mol. The van der Waals surface area contributed by atoms with Crippen molar-refractivity contribution in [1.82, 2.24) is 14.3 Å². The van der Waals surface area contributed by atoms with Crippen LogP contribution >= 0.6 is 11.3 Å². The molecule has 7 nitrogen and oxygen atoms in total. The SMILES string of the molecule is Cc1nn(-c2ccccc2)c2sc(C(=O)N=Nc3c(O)n(C(C)C)c4ccccc34)cc12. The third-order valence-corrected chi connectivity index (χ3v) is 6.47. The highest BCUT2D eigenvalue weighted by molar-refractivity contribution is 7.20. The Labute approximate surface area is 188 Å². The molecular formula is C24H21N5O2S. The van der Waals surface area contributed by atoms with Crippen LogP contribution in [0.3, 0.4) is 0 Å². The van der Waals surface area contributed by atoms with Crippen molar-refractivity contribution in [2.45, 2.75) is 26.8 Å². The van der Waals surface area contributed by atoms with Gasteiger partial charge in [-0.25, -0.2) is 4.68 Å². The maximum Gasteiger partial charge on any atom is 0.305 e. The molecule has 0 aliphatic rings. The van der Waals surface area contributed by atoms with Crippen LogP contribution < -0.4 is 0 Å². The molecule has 2 aromatic carbocycles. The van der Waals surface area contributed by atoms with Crippen LogP contribution in [0.1, 0.15) is 35.3 Å². The lowest BCUT2D eigenvalue weighted by Gasteiger charge is -2.10. The van der Waals surface area contributed by atoms with Crippen LogP contribution in [0.4, 0.5) is 5.69 Å². The summed E-state index contributed by atoms with van der Waals surface area (Å²) in [7, 11) is 0. The lowest BCUT2D eigenvalue weighted by molar-refractivity contribution is 0.0999. The molecular weight excluding hydrogens is 422 g/mol. The van der Waals surface area contributed by atoms with Gasteiger partial charge in [0.15, 0.2) is 5.69 Å². The molecule has 0 saturated carbocycles. The largest absolute Gasteiger partial charge is 0.493 e. The summed E-state index contributed by atoms with van der Waals surface area (Å²) >= 11 is 1.33. The normalized spacial score (nSPS) is 12.0. The Balaban J connectivity index is 1.53. The van der Waals surface area contributed by atoms with E-state index < -0.39 is 5.91 Å². The fourth-order valence-corrected chi connectivity index (χ4v) is 4.96. The van der Waals surface area contributed by atoms with Crippen molar-refractivity contribution < 1.29 is 9.90 Å². The van der Waals surface area contributed by atoms with E-state index in [0.29, 0.717) is 10.6 Å². The second-order valence-corrected chi connectivity index (χ2v) is 8.85. The van der Waals surface area contributed by atoms with Gasteiger partial charge in [0.05, 0.1) is 21.8 Å². The van der Waals surface area contributed by atoms with Gasteiger partial charge in [0.1, 0.15) is 4.83 Å². The summed E-state index contributed by atoms with van der Waals surface area (Å²) in [6, 6.07) is 19.2. The maximum atomic E-state index is 12.9. The first-order valence-corrected chi connectivity index (χ1v) is 11.1. The van der Waals surface area contributed by atoms with Crippen molar-refractivity contribution >= 4 is 44.1 Å². The Morgan fingerprint density at radius 2 is 1.78 bits per heavy atom. The standard InChI is InChI=1S/C24H21N5O2S/c1-14(2)28-19-12-8-7-11-17(19)21(23(28)31)25-26-22(30)20-13-18-15(3)27-29(24(18)32-20)16-9-5-4-6-10-16/h4-14,31H,1-3H3. The van der Waals surface area contributed by atoms with Crippen LogP contribution in [0.25, 0.3) is 26.8 Å². The lowest BCUT2D eigenvalue weighted by atomic mass is 10.2. The number of nitrogens with zero attached hydrogens (tertiary/aromatic N) is 5. The molecule has 3 aromatic heterocycles. The summed E-state index contributed by atoms with van der Waals surface area (Å²) in [5.74, 6) is -0.448. The van der Waals surface area contributed by atoms with Gasteiger partial charge in [-0.3, -0.25) is 4.79 Å². The van der Waals surface area contributed by atoms with Gasteiger partial charge in [0.25, 0.3) is 0 Å². The van der Waals surface area contributed by atoms with E-state index in [2.05, 4.69) is 15.3 Å². The number of carbonyl (C=O) groups excluding carboxylic acids is 1. The highest BCUT2D eigenvalue weighted by Gasteiger charge is 2.20. The molecule has 0 fully saturated rings. The molecule has 32 heavy (non-hydrogen) atoms. The van der Waals surface area contributed by atoms with E-state index in [4.69, 9.17) is 0 Å². The summed E-state index contributed by atoms with van der Waals surface area (Å²) in [6.07, 6.45) is 0. The third-order valence-electron chi connectivity index (χ3n) is 5.37. The molecule has 0 aliphatic heterocycles. The molecule has 0 aliphatic carbocycles. The Morgan fingerprint density at radius 1 is 1.06 bits per heavy atom. The highest BCUT2D eigenvalue weighted by Crippen LogP contribution is 2.41. The first kappa shape index (κ1) is 20.1. The predicted octanol–water partition coefficient (Wildman–Crippen LogP) is 6.56. The van der Waals surface area contributed by atoms with Crippen molar-refractivity contribution in [2.24, 2.45) is 10.2 Å². The van der Waals surface area contributed by atoms with Crippen LogP contribution in [0, 0.1) is 6.92 Å². The van der Waals surface area contributed by atoms with Gasteiger partial charge in [-0.15, -0.1) is 21.6 Å². The molecule has 5 rings (SSSR count). The molecule has 1 N–H and O–H groups in total. The molecule has 0 bridgehead atoms. The summed E-state index contributed by atoms with van der Waals surface area (Å²) < 4.78 is 3.62. The maximum absolute atomic E-state index is 12.9. The number of aryl methyl sites for hydroxylation is 1. The zero-order valence-corrected chi connectivity index (χ0v) is 18.7. The van der Waals surface area contributed by atoms with Gasteiger partial charge in [-0.1, -0.05) is 36.4 Å². The summed E-state index contributed by atoms with van der Waals surface area (Å²) in [4.78, 5) is 14.2. The number of carbonyl (C=O) groups is 1. The first-order chi connectivity index (χ1) is 15.5. The number of aromatic nitrogens is 3. The second-order valence-electron chi connectivity index (χ2n) is 7.82. The first-order valence-electron chi connectivity index (χ1n) is 10.3. The molecule has 3 heterocycles. The molecule has 0 atom stereocenters. The smallest absolute Gasteiger partial charge is 0.305 e. The highest BCUT2D eigenvalue weighted by atomic mass is 32.1. The van der Waals surface area contributed by atoms with E-state index in [0.717, 1.165) is 32.5 Å². The second kappa shape index (κ2) is 7.72. The Morgan fingerprint density at radius 3 is 2.53 bits per heavy atom. The molecule has 0 saturated heterocycles. The van der Waals surface area contributed by atoms with E-state index in [-0.39, 0.29) is 11.9 Å². The van der Waals surface area contributed by atoms with E-state index in [1.165, 1.54) is 11.3 Å². The summed E-state index contributed by atoms with van der Waals surface area (Å²) in [6.45, 7) is 5.88. The average molecular weight is 444 g/mol. The number of azo groups is 1. The van der Waals surface area contributed by atoms with Gasteiger partial charge < -0.3 is 9.67 Å². The minimum atomic E-state index is -0.453. The van der Waals surface area contributed by atoms with Crippen LogP contribution in [0.15, 0.2) is 70.9 Å². The van der Waals surface area contributed by atoms with E-state index >= 15 is 0 Å². The number of amides is 1. The number of fused-ring (bicyclic) bond motifs is 2. The van der Waals surface area contributed by atoms with Crippen LogP contribution in [-0.4, -0.2) is 25.4 Å². The van der Waals surface area contributed by atoms with Gasteiger partial charge in [-0.05, 0) is 45.0 Å². The summed E-state index contributed by atoms with van der Waals surface area (Å²) in [5, 5.41) is 25.1. The zero-order chi connectivity index (χ0) is 22.4. The van der Waals surface area contributed by atoms with E-state index in [9.17, 15) is 9.90 Å². The van der Waals surface area contributed by atoms with Gasteiger partial charge in [0.2, 0.25) is 5.88 Å². The lowest BCUT2D eigenvalue weighted by Crippen LogP contribution is -1.98. The van der Waals surface area contributed by atoms with Crippen molar-refractivity contribution in [3.05, 3.63) is 71.2 Å². The fraction of sp³-hybridized carbons (Fsp3) is 0.167. The van der Waals surface area contributed by atoms with Gasteiger partial charge in [-0.2, -0.15) is 5.10 Å². The number of para-hydroxylation sites is 2. The van der Waals surface area contributed by atoms with Crippen LogP contribution in [-0.2, 0) is 0 Å². The predicted molar refractivity (Wildman–Crippen MR) is 127 cm³/mol. The van der Waals surface area contributed by atoms with E-state index in [1.54, 1.807) is 10.6 Å². The third kappa shape index (κ3) is 3.20. The number of benzene rings is 2. The van der Waals surface area contributed by atoms with Crippen molar-refractivity contribution in [1.29, 1.82) is 0 Å². The zero-order valence-electron chi connectivity index (χ0n) is 17.9. The quantitative estimate of drug-likeness (QED) is 0.319.